The van der Waals surface area contributed by atoms with E-state index in [1.165, 1.54) is 0 Å². The summed E-state index contributed by atoms with van der Waals surface area (Å²) in [6, 6.07) is 9.76. The summed E-state index contributed by atoms with van der Waals surface area (Å²) in [4.78, 5) is 0. The van der Waals surface area contributed by atoms with Crippen LogP contribution in [0.25, 0.3) is 0 Å². The highest BCUT2D eigenvalue weighted by Crippen LogP contribution is 2.28. The average molecular weight is 339 g/mol. The molecule has 0 saturated heterocycles. The zero-order valence-corrected chi connectivity index (χ0v) is 12.7. The van der Waals surface area contributed by atoms with Crippen molar-refractivity contribution >= 4 is 64.8 Å². The Kier molecular flexibility index (Phi) is 4.53. The molecule has 0 bridgehead atoms. The van der Waals surface area contributed by atoms with Crippen molar-refractivity contribution in [3.63, 3.8) is 0 Å². The molecule has 1 nitrogen and oxygen atoms in total. The number of halogens is 4. The normalized spacial score (nSPS) is 10.4. The first kappa shape index (κ1) is 14.1. The lowest BCUT2D eigenvalue weighted by atomic mass is 10.3. The first-order valence-corrected chi connectivity index (χ1v) is 7.63. The maximum absolute atomic E-state index is 12.3. The molecular formula is C12H6Cl4OP. The third-order valence-electron chi connectivity index (χ3n) is 2.28. The second-order valence-corrected chi connectivity index (χ2v) is 6.74. The quantitative estimate of drug-likeness (QED) is 0.698. The molecule has 6 heteroatoms. The monoisotopic (exact) mass is 337 g/mol. The van der Waals surface area contributed by atoms with Gasteiger partial charge in [0, 0.05) is 10.6 Å². The van der Waals surface area contributed by atoms with E-state index in [1.54, 1.807) is 36.4 Å². The van der Waals surface area contributed by atoms with Crippen LogP contribution < -0.4 is 10.6 Å². The second-order valence-electron chi connectivity index (χ2n) is 3.49. The van der Waals surface area contributed by atoms with Crippen molar-refractivity contribution in [2.45, 2.75) is 0 Å². The van der Waals surface area contributed by atoms with Gasteiger partial charge in [0.2, 0.25) is 0 Å². The van der Waals surface area contributed by atoms with Gasteiger partial charge < -0.3 is 0 Å². The Morgan fingerprint density at radius 1 is 0.667 bits per heavy atom. The van der Waals surface area contributed by atoms with E-state index in [2.05, 4.69) is 0 Å². The van der Waals surface area contributed by atoms with Crippen LogP contribution in [-0.4, -0.2) is 0 Å². The van der Waals surface area contributed by atoms with Gasteiger partial charge in [0.05, 0.1) is 20.1 Å². The summed E-state index contributed by atoms with van der Waals surface area (Å²) >= 11 is 23.4. The lowest BCUT2D eigenvalue weighted by molar-refractivity contribution is 0.598. The SMILES string of the molecule is O=[P](c1ccc(Cl)c(Cl)c1)c1ccc(Cl)c(Cl)c1. The first-order chi connectivity index (χ1) is 8.49. The Morgan fingerprint density at radius 3 is 1.39 bits per heavy atom. The van der Waals surface area contributed by atoms with Crippen molar-refractivity contribution in [2.24, 2.45) is 0 Å². The molecule has 18 heavy (non-hydrogen) atoms. The third-order valence-corrected chi connectivity index (χ3v) is 5.25. The molecule has 0 aliphatic rings. The van der Waals surface area contributed by atoms with Crippen molar-refractivity contribution in [3.05, 3.63) is 56.5 Å². The van der Waals surface area contributed by atoms with Crippen LogP contribution in [0.5, 0.6) is 0 Å². The molecule has 0 aliphatic heterocycles. The van der Waals surface area contributed by atoms with E-state index in [0.29, 0.717) is 30.7 Å². The molecule has 0 saturated carbocycles. The minimum Gasteiger partial charge on any atom is -0.277 e. The van der Waals surface area contributed by atoms with E-state index in [-0.39, 0.29) is 0 Å². The number of hydrogen-bond donors (Lipinski definition) is 0. The van der Waals surface area contributed by atoms with Crippen LogP contribution in [0, 0.1) is 0 Å². The summed E-state index contributed by atoms with van der Waals surface area (Å²) in [6.45, 7) is 0. The molecule has 0 fully saturated rings. The zero-order chi connectivity index (χ0) is 13.3. The van der Waals surface area contributed by atoms with Crippen molar-refractivity contribution in [1.29, 1.82) is 0 Å². The minimum atomic E-state index is -1.76. The zero-order valence-electron chi connectivity index (χ0n) is 8.83. The van der Waals surface area contributed by atoms with Gasteiger partial charge in [-0.1, -0.05) is 46.4 Å². The summed E-state index contributed by atoms with van der Waals surface area (Å²) in [5.74, 6) is 0. The van der Waals surface area contributed by atoms with E-state index in [0.717, 1.165) is 0 Å². The molecule has 0 amide bonds. The molecule has 0 aliphatic carbocycles. The third kappa shape index (κ3) is 2.99. The van der Waals surface area contributed by atoms with E-state index >= 15 is 0 Å². The van der Waals surface area contributed by atoms with Gasteiger partial charge in [0.15, 0.2) is 0 Å². The molecule has 93 valence electrons. The summed E-state index contributed by atoms with van der Waals surface area (Å²) in [5.41, 5.74) is 0. The Hall–Kier alpha value is -0.300. The van der Waals surface area contributed by atoms with Gasteiger partial charge in [-0.3, -0.25) is 4.57 Å². The minimum absolute atomic E-state index is 0.373. The summed E-state index contributed by atoms with van der Waals surface area (Å²) in [6.07, 6.45) is 0. The van der Waals surface area contributed by atoms with Crippen molar-refractivity contribution < 1.29 is 4.57 Å². The van der Waals surface area contributed by atoms with E-state index < -0.39 is 7.80 Å². The Balaban J connectivity index is 2.41. The molecular weight excluding hydrogens is 333 g/mol. The maximum atomic E-state index is 12.3. The lowest BCUT2D eigenvalue weighted by Crippen LogP contribution is -2.06. The number of hydrogen-bond acceptors (Lipinski definition) is 1. The predicted octanol–water partition coefficient (Wildman–Crippen LogP) is 5.08. The van der Waals surface area contributed by atoms with Gasteiger partial charge in [-0.2, -0.15) is 0 Å². The summed E-state index contributed by atoms with van der Waals surface area (Å²) < 4.78 is 12.3. The number of rotatable bonds is 2. The molecule has 0 N–H and O–H groups in total. The van der Waals surface area contributed by atoms with Crippen LogP contribution in [0.4, 0.5) is 0 Å². The Bertz CT molecular complexity index is 574. The smallest absolute Gasteiger partial charge is 0.136 e. The summed E-state index contributed by atoms with van der Waals surface area (Å²) in [7, 11) is -1.76. The van der Waals surface area contributed by atoms with Crippen LogP contribution in [0.2, 0.25) is 20.1 Å². The van der Waals surface area contributed by atoms with Crippen LogP contribution in [0.15, 0.2) is 36.4 Å². The molecule has 2 aromatic rings. The Labute approximate surface area is 125 Å². The topological polar surface area (TPSA) is 17.1 Å². The molecule has 1 radical (unpaired) electrons. The average Bonchev–Trinajstić information content (AvgIpc) is 2.35. The molecule has 2 rings (SSSR count). The first-order valence-electron chi connectivity index (χ1n) is 4.86. The molecule has 2 aromatic carbocycles. The van der Waals surface area contributed by atoms with Gasteiger partial charge in [0.25, 0.3) is 0 Å². The van der Waals surface area contributed by atoms with E-state index in [4.69, 9.17) is 46.4 Å². The molecule has 0 heterocycles. The van der Waals surface area contributed by atoms with E-state index in [1.807, 2.05) is 0 Å². The van der Waals surface area contributed by atoms with Crippen molar-refractivity contribution in [1.82, 2.24) is 0 Å². The largest absolute Gasteiger partial charge is 0.277 e. The molecule has 0 aromatic heterocycles. The van der Waals surface area contributed by atoms with Crippen molar-refractivity contribution in [3.8, 4) is 0 Å². The Morgan fingerprint density at radius 2 is 1.06 bits per heavy atom. The molecule has 0 atom stereocenters. The van der Waals surface area contributed by atoms with Crippen LogP contribution in [0.1, 0.15) is 0 Å². The van der Waals surface area contributed by atoms with Gasteiger partial charge in [-0.15, -0.1) is 0 Å². The summed E-state index contributed by atoms with van der Waals surface area (Å²) in [5, 5.41) is 2.79. The fourth-order valence-corrected chi connectivity index (χ4v) is 3.33. The van der Waals surface area contributed by atoms with Crippen LogP contribution in [0.3, 0.4) is 0 Å². The predicted molar refractivity (Wildman–Crippen MR) is 79.8 cm³/mol. The van der Waals surface area contributed by atoms with Crippen LogP contribution in [-0.2, 0) is 4.57 Å². The molecule has 0 spiro atoms. The maximum Gasteiger partial charge on any atom is 0.136 e. The lowest BCUT2D eigenvalue weighted by Gasteiger charge is -2.04. The van der Waals surface area contributed by atoms with E-state index in [9.17, 15) is 4.57 Å². The van der Waals surface area contributed by atoms with Crippen LogP contribution >= 0.6 is 54.2 Å². The van der Waals surface area contributed by atoms with Gasteiger partial charge in [-0.25, -0.2) is 0 Å². The highest BCUT2D eigenvalue weighted by molar-refractivity contribution is 7.61. The highest BCUT2D eigenvalue weighted by Gasteiger charge is 2.11. The fraction of sp³-hybridized carbons (Fsp3) is 0. The fourth-order valence-electron chi connectivity index (χ4n) is 1.37. The number of benzene rings is 2. The molecule has 0 unspecified atom stereocenters. The standard InChI is InChI=1S/C12H6Cl4OP/c13-9-3-1-7(5-11(9)15)18(17)8-2-4-10(14)12(16)6-8/h1-6H. The second kappa shape index (κ2) is 5.77. The highest BCUT2D eigenvalue weighted by atomic mass is 35.5. The van der Waals surface area contributed by atoms with Gasteiger partial charge >= 0.3 is 0 Å². The van der Waals surface area contributed by atoms with Gasteiger partial charge in [0.1, 0.15) is 7.80 Å². The van der Waals surface area contributed by atoms with Gasteiger partial charge in [-0.05, 0) is 36.4 Å². The van der Waals surface area contributed by atoms with Crippen molar-refractivity contribution in [2.75, 3.05) is 0 Å².